The van der Waals surface area contributed by atoms with E-state index in [1.54, 1.807) is 6.20 Å². The van der Waals surface area contributed by atoms with Crippen molar-refractivity contribution in [3.63, 3.8) is 0 Å². The molecule has 3 heterocycles. The van der Waals surface area contributed by atoms with Crippen LogP contribution in [0.3, 0.4) is 0 Å². The Labute approximate surface area is 132 Å². The van der Waals surface area contributed by atoms with Gasteiger partial charge in [0.25, 0.3) is 0 Å². The summed E-state index contributed by atoms with van der Waals surface area (Å²) in [6.45, 7) is 7.25. The maximum Gasteiger partial charge on any atom is 0.222 e. The van der Waals surface area contributed by atoms with Gasteiger partial charge < -0.3 is 9.80 Å². The lowest BCUT2D eigenvalue weighted by molar-refractivity contribution is -0.130. The first-order chi connectivity index (χ1) is 10.7. The number of likely N-dealkylation sites (N-methyl/N-ethyl adjacent to an activating group) is 1. The molecule has 2 fully saturated rings. The summed E-state index contributed by atoms with van der Waals surface area (Å²) in [5, 5.41) is 4.17. The summed E-state index contributed by atoms with van der Waals surface area (Å²) in [5.41, 5.74) is 0. The highest BCUT2D eigenvalue weighted by Crippen LogP contribution is 2.18. The van der Waals surface area contributed by atoms with Crippen LogP contribution >= 0.6 is 0 Å². The Hall–Kier alpha value is -1.40. The molecule has 1 aromatic heterocycles. The molecule has 22 heavy (non-hydrogen) atoms. The van der Waals surface area contributed by atoms with Crippen LogP contribution in [0.2, 0.25) is 0 Å². The van der Waals surface area contributed by atoms with E-state index >= 15 is 0 Å². The van der Waals surface area contributed by atoms with Gasteiger partial charge in [-0.3, -0.25) is 14.4 Å². The summed E-state index contributed by atoms with van der Waals surface area (Å²) in [7, 11) is 2.18. The number of rotatable bonds is 5. The quantitative estimate of drug-likeness (QED) is 0.795. The highest BCUT2D eigenvalue weighted by molar-refractivity contribution is 5.76. The standard InChI is InChI=1S/C16H27N5O/c1-18-10-12-19(13-11-18)15-5-9-20(14-15)16(22)4-2-7-21-8-3-6-17-21/h3,6,8,15H,2,4-5,7,9-14H2,1H3. The highest BCUT2D eigenvalue weighted by atomic mass is 16.2. The molecule has 3 rings (SSSR count). The zero-order valence-electron chi connectivity index (χ0n) is 13.5. The fraction of sp³-hybridized carbons (Fsp3) is 0.750. The first-order valence-corrected chi connectivity index (χ1v) is 8.40. The smallest absolute Gasteiger partial charge is 0.222 e. The van der Waals surface area contributed by atoms with Crippen molar-refractivity contribution in [2.45, 2.75) is 31.8 Å². The number of piperazine rings is 1. The van der Waals surface area contributed by atoms with Crippen LogP contribution in [-0.2, 0) is 11.3 Å². The van der Waals surface area contributed by atoms with Crippen LogP contribution in [0.1, 0.15) is 19.3 Å². The van der Waals surface area contributed by atoms with Crippen molar-refractivity contribution in [2.24, 2.45) is 0 Å². The van der Waals surface area contributed by atoms with E-state index in [1.165, 1.54) is 0 Å². The van der Waals surface area contributed by atoms with Crippen molar-refractivity contribution in [2.75, 3.05) is 46.3 Å². The Balaban J connectivity index is 1.39. The minimum atomic E-state index is 0.309. The molecular weight excluding hydrogens is 278 g/mol. The van der Waals surface area contributed by atoms with E-state index in [2.05, 4.69) is 26.8 Å². The Morgan fingerprint density at radius 1 is 1.23 bits per heavy atom. The molecule has 0 saturated carbocycles. The summed E-state index contributed by atoms with van der Waals surface area (Å²) in [6.07, 6.45) is 6.37. The molecule has 0 aliphatic carbocycles. The minimum Gasteiger partial charge on any atom is -0.341 e. The number of nitrogens with zero attached hydrogens (tertiary/aromatic N) is 5. The molecule has 1 unspecified atom stereocenters. The first kappa shape index (κ1) is 15.5. The van der Waals surface area contributed by atoms with Crippen LogP contribution < -0.4 is 0 Å². The Morgan fingerprint density at radius 2 is 2.05 bits per heavy atom. The average Bonchev–Trinajstić information content (AvgIpc) is 3.19. The molecule has 0 spiro atoms. The van der Waals surface area contributed by atoms with Crippen molar-refractivity contribution < 1.29 is 4.79 Å². The van der Waals surface area contributed by atoms with E-state index in [0.29, 0.717) is 18.4 Å². The van der Waals surface area contributed by atoms with E-state index in [-0.39, 0.29) is 0 Å². The van der Waals surface area contributed by atoms with E-state index in [4.69, 9.17) is 0 Å². The van der Waals surface area contributed by atoms with E-state index in [1.807, 2.05) is 16.9 Å². The third kappa shape index (κ3) is 3.87. The second-order valence-electron chi connectivity index (χ2n) is 6.49. The number of likely N-dealkylation sites (tertiary alicyclic amines) is 1. The summed E-state index contributed by atoms with van der Waals surface area (Å²) in [4.78, 5) is 19.3. The van der Waals surface area contributed by atoms with E-state index in [0.717, 1.165) is 58.7 Å². The lowest BCUT2D eigenvalue weighted by atomic mass is 10.2. The third-order valence-electron chi connectivity index (χ3n) is 4.91. The van der Waals surface area contributed by atoms with Crippen molar-refractivity contribution in [1.82, 2.24) is 24.5 Å². The van der Waals surface area contributed by atoms with Crippen molar-refractivity contribution in [1.29, 1.82) is 0 Å². The number of hydrogen-bond acceptors (Lipinski definition) is 4. The highest BCUT2D eigenvalue weighted by Gasteiger charge is 2.31. The second-order valence-corrected chi connectivity index (χ2v) is 6.49. The molecular formula is C16H27N5O. The van der Waals surface area contributed by atoms with Gasteiger partial charge in [0.1, 0.15) is 0 Å². The lowest BCUT2D eigenvalue weighted by Crippen LogP contribution is -2.50. The van der Waals surface area contributed by atoms with Crippen LogP contribution in [0, 0.1) is 0 Å². The fourth-order valence-corrected chi connectivity index (χ4v) is 3.44. The summed E-state index contributed by atoms with van der Waals surface area (Å²) in [6, 6.07) is 2.49. The largest absolute Gasteiger partial charge is 0.341 e. The molecule has 0 radical (unpaired) electrons. The SMILES string of the molecule is CN1CCN(C2CCN(C(=O)CCCn3cccn3)C2)CC1. The van der Waals surface area contributed by atoms with Gasteiger partial charge in [0.2, 0.25) is 5.91 Å². The second kappa shape index (κ2) is 7.24. The molecule has 122 valence electrons. The van der Waals surface area contributed by atoms with E-state index < -0.39 is 0 Å². The minimum absolute atomic E-state index is 0.309. The van der Waals surface area contributed by atoms with Crippen LogP contribution in [0.5, 0.6) is 0 Å². The molecule has 0 N–H and O–H groups in total. The van der Waals surface area contributed by atoms with Gasteiger partial charge in [0, 0.05) is 70.7 Å². The van der Waals surface area contributed by atoms with Gasteiger partial charge in [-0.15, -0.1) is 0 Å². The van der Waals surface area contributed by atoms with Gasteiger partial charge in [-0.1, -0.05) is 0 Å². The van der Waals surface area contributed by atoms with E-state index in [9.17, 15) is 4.79 Å². The summed E-state index contributed by atoms with van der Waals surface area (Å²) >= 11 is 0. The first-order valence-electron chi connectivity index (χ1n) is 8.40. The van der Waals surface area contributed by atoms with Crippen LogP contribution in [-0.4, -0.2) is 82.7 Å². The maximum absolute atomic E-state index is 12.3. The maximum atomic E-state index is 12.3. The average molecular weight is 305 g/mol. The number of aryl methyl sites for hydroxylation is 1. The molecule has 6 nitrogen and oxygen atoms in total. The molecule has 0 aromatic carbocycles. The van der Waals surface area contributed by atoms with Crippen molar-refractivity contribution >= 4 is 5.91 Å². The molecule has 1 aromatic rings. The van der Waals surface area contributed by atoms with Gasteiger partial charge in [-0.25, -0.2) is 0 Å². The molecule has 2 aliphatic heterocycles. The van der Waals surface area contributed by atoms with Gasteiger partial charge in [0.05, 0.1) is 0 Å². The van der Waals surface area contributed by atoms with Crippen LogP contribution in [0.4, 0.5) is 0 Å². The predicted molar refractivity (Wildman–Crippen MR) is 85.5 cm³/mol. The predicted octanol–water partition coefficient (Wildman–Crippen LogP) is 0.512. The van der Waals surface area contributed by atoms with Gasteiger partial charge in [-0.05, 0) is 26.0 Å². The summed E-state index contributed by atoms with van der Waals surface area (Å²) < 4.78 is 1.89. The normalized spacial score (nSPS) is 24.0. The number of carbonyl (C=O) groups is 1. The third-order valence-corrected chi connectivity index (χ3v) is 4.91. The molecule has 0 bridgehead atoms. The Kier molecular flexibility index (Phi) is 5.10. The van der Waals surface area contributed by atoms with Gasteiger partial charge >= 0.3 is 0 Å². The van der Waals surface area contributed by atoms with Gasteiger partial charge in [0.15, 0.2) is 0 Å². The van der Waals surface area contributed by atoms with Crippen molar-refractivity contribution in [3.8, 4) is 0 Å². The molecule has 1 atom stereocenters. The van der Waals surface area contributed by atoms with Crippen molar-refractivity contribution in [3.05, 3.63) is 18.5 Å². The lowest BCUT2D eigenvalue weighted by Gasteiger charge is -2.36. The number of amides is 1. The Morgan fingerprint density at radius 3 is 2.77 bits per heavy atom. The number of hydrogen-bond donors (Lipinski definition) is 0. The van der Waals surface area contributed by atoms with Crippen LogP contribution in [0.25, 0.3) is 0 Å². The zero-order valence-corrected chi connectivity index (χ0v) is 13.5. The van der Waals surface area contributed by atoms with Crippen LogP contribution in [0.15, 0.2) is 18.5 Å². The molecule has 1 amide bonds. The summed E-state index contributed by atoms with van der Waals surface area (Å²) in [5.74, 6) is 0.309. The number of aromatic nitrogens is 2. The molecule has 2 aliphatic rings. The van der Waals surface area contributed by atoms with Gasteiger partial charge in [-0.2, -0.15) is 5.10 Å². The monoisotopic (exact) mass is 305 g/mol. The fourth-order valence-electron chi connectivity index (χ4n) is 3.44. The number of carbonyl (C=O) groups excluding carboxylic acids is 1. The molecule has 2 saturated heterocycles. The molecule has 6 heteroatoms. The topological polar surface area (TPSA) is 44.6 Å². The zero-order chi connectivity index (χ0) is 15.4. The Bertz CT molecular complexity index is 467.